The fourth-order valence-electron chi connectivity index (χ4n) is 1.36. The van der Waals surface area contributed by atoms with Crippen LogP contribution in [-0.2, 0) is 0 Å². The van der Waals surface area contributed by atoms with E-state index in [1.54, 1.807) is 11.8 Å². The van der Waals surface area contributed by atoms with E-state index in [9.17, 15) is 4.39 Å². The van der Waals surface area contributed by atoms with E-state index < -0.39 is 0 Å². The molecule has 0 atom stereocenters. The molecule has 0 heterocycles. The number of thioether (sulfide) groups is 1. The molecular weight excluding hydrogens is 233 g/mol. The first kappa shape index (κ1) is 14.5. The first-order valence-electron chi connectivity index (χ1n) is 6.06. The summed E-state index contributed by atoms with van der Waals surface area (Å²) in [5.41, 5.74) is 0.400. The van der Waals surface area contributed by atoms with Crippen molar-refractivity contribution in [3.63, 3.8) is 0 Å². The van der Waals surface area contributed by atoms with Gasteiger partial charge in [-0.3, -0.25) is 0 Å². The van der Waals surface area contributed by atoms with Gasteiger partial charge in [-0.25, -0.2) is 4.39 Å². The summed E-state index contributed by atoms with van der Waals surface area (Å²) in [6.07, 6.45) is 1.19. The highest BCUT2D eigenvalue weighted by molar-refractivity contribution is 7.99. The molecule has 1 nitrogen and oxygen atoms in total. The third-order valence-corrected chi connectivity index (χ3v) is 3.43. The first-order chi connectivity index (χ1) is 7.97. The topological polar surface area (TPSA) is 12.0 Å². The van der Waals surface area contributed by atoms with Gasteiger partial charge in [0.2, 0.25) is 0 Å². The van der Waals surface area contributed by atoms with Crippen molar-refractivity contribution in [3.8, 4) is 0 Å². The zero-order valence-electron chi connectivity index (χ0n) is 10.9. The van der Waals surface area contributed by atoms with E-state index in [1.165, 1.54) is 18.6 Å². The minimum absolute atomic E-state index is 0.169. The average molecular weight is 255 g/mol. The highest BCUT2D eigenvalue weighted by Gasteiger charge is 2.08. The maximum atomic E-state index is 12.7. The molecule has 0 aliphatic carbocycles. The van der Waals surface area contributed by atoms with Crippen LogP contribution in [0.2, 0.25) is 0 Å². The molecule has 0 unspecified atom stereocenters. The lowest BCUT2D eigenvalue weighted by atomic mass is 9.92. The molecule has 0 bridgehead atoms. The molecular formula is C14H22FNS. The summed E-state index contributed by atoms with van der Waals surface area (Å²) in [5, 5.41) is 3.43. The Hall–Kier alpha value is -0.540. The van der Waals surface area contributed by atoms with Crippen molar-refractivity contribution in [2.24, 2.45) is 5.41 Å². The van der Waals surface area contributed by atoms with Gasteiger partial charge in [0.1, 0.15) is 5.82 Å². The summed E-state index contributed by atoms with van der Waals surface area (Å²) < 4.78 is 12.7. The normalized spacial score (nSPS) is 11.8. The number of rotatable bonds is 6. The van der Waals surface area contributed by atoms with Crippen LogP contribution < -0.4 is 5.32 Å². The fraction of sp³-hybridized carbons (Fsp3) is 0.571. The standard InChI is InChI=1S/C14H22FNS/c1-14(2,3)8-9-16-10-11-17-13-6-4-12(15)5-7-13/h4-7,16H,8-11H2,1-3H3. The molecule has 1 rings (SSSR count). The molecule has 0 saturated carbocycles. The zero-order chi connectivity index (χ0) is 12.7. The molecule has 0 radical (unpaired) electrons. The van der Waals surface area contributed by atoms with E-state index in [4.69, 9.17) is 0 Å². The van der Waals surface area contributed by atoms with Crippen molar-refractivity contribution in [2.45, 2.75) is 32.1 Å². The predicted molar refractivity (Wildman–Crippen MR) is 74.1 cm³/mol. The van der Waals surface area contributed by atoms with Gasteiger partial charge >= 0.3 is 0 Å². The van der Waals surface area contributed by atoms with Gasteiger partial charge in [0.25, 0.3) is 0 Å². The lowest BCUT2D eigenvalue weighted by molar-refractivity contribution is 0.369. The number of halogens is 1. The minimum atomic E-state index is -0.169. The molecule has 0 aromatic heterocycles. The summed E-state index contributed by atoms with van der Waals surface area (Å²) in [6.45, 7) is 8.82. The van der Waals surface area contributed by atoms with Crippen molar-refractivity contribution >= 4 is 11.8 Å². The SMILES string of the molecule is CC(C)(C)CCNCCSc1ccc(F)cc1. The van der Waals surface area contributed by atoms with Gasteiger partial charge in [-0.1, -0.05) is 20.8 Å². The van der Waals surface area contributed by atoms with E-state index in [1.807, 2.05) is 12.1 Å². The maximum absolute atomic E-state index is 12.7. The second-order valence-corrected chi connectivity index (χ2v) is 6.53. The number of hydrogen-bond donors (Lipinski definition) is 1. The summed E-state index contributed by atoms with van der Waals surface area (Å²) in [7, 11) is 0. The lowest BCUT2D eigenvalue weighted by Crippen LogP contribution is -2.22. The second kappa shape index (κ2) is 7.02. The molecule has 1 N–H and O–H groups in total. The Morgan fingerprint density at radius 1 is 1.12 bits per heavy atom. The maximum Gasteiger partial charge on any atom is 0.123 e. The third-order valence-electron chi connectivity index (χ3n) is 2.41. The summed E-state index contributed by atoms with van der Waals surface area (Å²) in [4.78, 5) is 1.13. The molecule has 0 fully saturated rings. The van der Waals surface area contributed by atoms with Crippen LogP contribution in [0.3, 0.4) is 0 Å². The Balaban J connectivity index is 2.07. The molecule has 0 amide bonds. The van der Waals surface area contributed by atoms with Crippen LogP contribution in [0.25, 0.3) is 0 Å². The largest absolute Gasteiger partial charge is 0.316 e. The summed E-state index contributed by atoms with van der Waals surface area (Å²) >= 11 is 1.76. The monoisotopic (exact) mass is 255 g/mol. The van der Waals surface area contributed by atoms with Gasteiger partial charge in [-0.15, -0.1) is 11.8 Å². The smallest absolute Gasteiger partial charge is 0.123 e. The highest BCUT2D eigenvalue weighted by Crippen LogP contribution is 2.18. The molecule has 0 aliphatic rings. The molecule has 0 aliphatic heterocycles. The van der Waals surface area contributed by atoms with Gasteiger partial charge in [0, 0.05) is 17.2 Å². The van der Waals surface area contributed by atoms with Crippen LogP contribution in [0.4, 0.5) is 4.39 Å². The number of hydrogen-bond acceptors (Lipinski definition) is 2. The molecule has 1 aromatic carbocycles. The Morgan fingerprint density at radius 2 is 1.76 bits per heavy atom. The van der Waals surface area contributed by atoms with Crippen molar-refractivity contribution in [1.29, 1.82) is 0 Å². The number of nitrogens with one attached hydrogen (secondary N) is 1. The van der Waals surface area contributed by atoms with E-state index in [0.717, 1.165) is 23.7 Å². The molecule has 0 saturated heterocycles. The van der Waals surface area contributed by atoms with Gasteiger partial charge in [-0.05, 0) is 42.6 Å². The Labute approximate surface area is 108 Å². The van der Waals surface area contributed by atoms with Gasteiger partial charge in [-0.2, -0.15) is 0 Å². The molecule has 1 aromatic rings. The predicted octanol–water partition coefficient (Wildman–Crippen LogP) is 3.94. The van der Waals surface area contributed by atoms with E-state index in [0.29, 0.717) is 5.41 Å². The summed E-state index contributed by atoms with van der Waals surface area (Å²) in [6, 6.07) is 6.68. The fourth-order valence-corrected chi connectivity index (χ4v) is 2.17. The van der Waals surface area contributed by atoms with Crippen LogP contribution in [0.5, 0.6) is 0 Å². The minimum Gasteiger partial charge on any atom is -0.316 e. The average Bonchev–Trinajstić information content (AvgIpc) is 2.24. The van der Waals surface area contributed by atoms with Crippen molar-refractivity contribution in [1.82, 2.24) is 5.32 Å². The van der Waals surface area contributed by atoms with Crippen LogP contribution in [0.15, 0.2) is 29.2 Å². The van der Waals surface area contributed by atoms with E-state index in [-0.39, 0.29) is 5.82 Å². The zero-order valence-corrected chi connectivity index (χ0v) is 11.7. The van der Waals surface area contributed by atoms with Gasteiger partial charge in [0.05, 0.1) is 0 Å². The van der Waals surface area contributed by atoms with Gasteiger partial charge in [0.15, 0.2) is 0 Å². The van der Waals surface area contributed by atoms with Crippen LogP contribution in [-0.4, -0.2) is 18.8 Å². The second-order valence-electron chi connectivity index (χ2n) is 5.36. The van der Waals surface area contributed by atoms with Crippen molar-refractivity contribution in [2.75, 3.05) is 18.8 Å². The molecule has 0 spiro atoms. The third kappa shape index (κ3) is 7.40. The number of benzene rings is 1. The molecule has 96 valence electrons. The van der Waals surface area contributed by atoms with Crippen molar-refractivity contribution < 1.29 is 4.39 Å². The van der Waals surface area contributed by atoms with E-state index in [2.05, 4.69) is 26.1 Å². The Bertz CT molecular complexity index is 316. The van der Waals surface area contributed by atoms with Crippen LogP contribution in [0.1, 0.15) is 27.2 Å². The van der Waals surface area contributed by atoms with E-state index >= 15 is 0 Å². The Morgan fingerprint density at radius 3 is 2.35 bits per heavy atom. The Kier molecular flexibility index (Phi) is 6.00. The van der Waals surface area contributed by atoms with Crippen LogP contribution >= 0.6 is 11.8 Å². The lowest BCUT2D eigenvalue weighted by Gasteiger charge is -2.17. The van der Waals surface area contributed by atoms with Gasteiger partial charge < -0.3 is 5.32 Å². The quantitative estimate of drug-likeness (QED) is 0.610. The first-order valence-corrected chi connectivity index (χ1v) is 7.05. The highest BCUT2D eigenvalue weighted by atomic mass is 32.2. The molecule has 17 heavy (non-hydrogen) atoms. The molecule has 3 heteroatoms. The van der Waals surface area contributed by atoms with Crippen LogP contribution in [0, 0.1) is 11.2 Å². The summed E-state index contributed by atoms with van der Waals surface area (Å²) in [5.74, 6) is 0.855. The van der Waals surface area contributed by atoms with Crippen molar-refractivity contribution in [3.05, 3.63) is 30.1 Å².